The molecule has 1 aromatic carbocycles. The molecule has 2 atom stereocenters. The van der Waals surface area contributed by atoms with Crippen molar-refractivity contribution in [3.63, 3.8) is 0 Å². The summed E-state index contributed by atoms with van der Waals surface area (Å²) in [7, 11) is 2.31. The van der Waals surface area contributed by atoms with Crippen molar-refractivity contribution in [2.24, 2.45) is 0 Å². The summed E-state index contributed by atoms with van der Waals surface area (Å²) in [5.74, 6) is 1.19. The molecule has 2 heterocycles. The maximum atomic E-state index is 3.73. The van der Waals surface area contributed by atoms with Gasteiger partial charge in [0.1, 0.15) is 0 Å². The highest BCUT2D eigenvalue weighted by Crippen LogP contribution is 2.29. The molecule has 0 aromatic heterocycles. The van der Waals surface area contributed by atoms with E-state index < -0.39 is 0 Å². The molecule has 0 radical (unpaired) electrons. The average Bonchev–Trinajstić information content (AvgIpc) is 2.78. The molecule has 2 fully saturated rings. The van der Waals surface area contributed by atoms with Gasteiger partial charge in [-0.15, -0.1) is 11.8 Å². The zero-order valence-corrected chi connectivity index (χ0v) is 12.5. The van der Waals surface area contributed by atoms with Crippen LogP contribution in [0.4, 0.5) is 0 Å². The van der Waals surface area contributed by atoms with Gasteiger partial charge in [0, 0.05) is 35.3 Å². The van der Waals surface area contributed by atoms with Crippen molar-refractivity contribution in [2.45, 2.75) is 48.7 Å². The number of hydrogen-bond donors (Lipinski definition) is 1. The standard InChI is InChI=1S/C16H24N2S/c1-18(9-10-19-16-5-3-2-4-6-16)15-11-13-7-8-14(12-15)17-13/h2-6,13-15,17H,7-12H2,1H3. The summed E-state index contributed by atoms with van der Waals surface area (Å²) in [4.78, 5) is 3.98. The van der Waals surface area contributed by atoms with Crippen LogP contribution in [0.25, 0.3) is 0 Å². The Bertz CT molecular complexity index is 383. The van der Waals surface area contributed by atoms with E-state index in [0.717, 1.165) is 18.1 Å². The van der Waals surface area contributed by atoms with Crippen LogP contribution in [0, 0.1) is 0 Å². The van der Waals surface area contributed by atoms with Crippen LogP contribution in [-0.4, -0.2) is 42.4 Å². The summed E-state index contributed by atoms with van der Waals surface area (Å²) in [6.45, 7) is 1.20. The molecule has 2 nitrogen and oxygen atoms in total. The van der Waals surface area contributed by atoms with Crippen LogP contribution in [0.15, 0.2) is 35.2 Å². The first-order chi connectivity index (χ1) is 9.31. The minimum atomic E-state index is 0.799. The molecule has 2 saturated heterocycles. The van der Waals surface area contributed by atoms with Gasteiger partial charge in [-0.25, -0.2) is 0 Å². The molecular weight excluding hydrogens is 252 g/mol. The van der Waals surface area contributed by atoms with Crippen molar-refractivity contribution in [2.75, 3.05) is 19.3 Å². The molecule has 3 rings (SSSR count). The fraction of sp³-hybridized carbons (Fsp3) is 0.625. The lowest BCUT2D eigenvalue weighted by Gasteiger charge is -2.35. The van der Waals surface area contributed by atoms with Gasteiger partial charge in [0.15, 0.2) is 0 Å². The van der Waals surface area contributed by atoms with Crippen molar-refractivity contribution in [3.05, 3.63) is 30.3 Å². The van der Waals surface area contributed by atoms with E-state index in [2.05, 4.69) is 47.6 Å². The monoisotopic (exact) mass is 276 g/mol. The molecule has 3 heteroatoms. The van der Waals surface area contributed by atoms with E-state index >= 15 is 0 Å². The van der Waals surface area contributed by atoms with Gasteiger partial charge in [-0.2, -0.15) is 0 Å². The summed E-state index contributed by atoms with van der Waals surface area (Å²) >= 11 is 1.97. The smallest absolute Gasteiger partial charge is 0.0122 e. The molecule has 1 aromatic rings. The summed E-state index contributed by atoms with van der Waals surface area (Å²) < 4.78 is 0. The Balaban J connectivity index is 1.43. The third-order valence-electron chi connectivity index (χ3n) is 4.53. The maximum absolute atomic E-state index is 3.73. The molecule has 1 N–H and O–H groups in total. The Labute approximate surface area is 121 Å². The minimum Gasteiger partial charge on any atom is -0.311 e. The van der Waals surface area contributed by atoms with Gasteiger partial charge >= 0.3 is 0 Å². The van der Waals surface area contributed by atoms with Gasteiger partial charge < -0.3 is 10.2 Å². The molecular formula is C16H24N2S. The normalized spacial score (nSPS) is 29.9. The van der Waals surface area contributed by atoms with E-state index in [9.17, 15) is 0 Å². The van der Waals surface area contributed by atoms with Crippen molar-refractivity contribution in [1.29, 1.82) is 0 Å². The zero-order valence-electron chi connectivity index (χ0n) is 11.7. The number of fused-ring (bicyclic) bond motifs is 2. The van der Waals surface area contributed by atoms with Crippen molar-refractivity contribution < 1.29 is 0 Å². The Kier molecular flexibility index (Phi) is 4.46. The molecule has 19 heavy (non-hydrogen) atoms. The number of thioether (sulfide) groups is 1. The quantitative estimate of drug-likeness (QED) is 0.832. The number of rotatable bonds is 5. The van der Waals surface area contributed by atoms with E-state index in [1.807, 2.05) is 11.8 Å². The third-order valence-corrected chi connectivity index (χ3v) is 5.52. The second-order valence-electron chi connectivity index (χ2n) is 5.91. The maximum Gasteiger partial charge on any atom is 0.0122 e. The van der Waals surface area contributed by atoms with Crippen molar-refractivity contribution in [3.8, 4) is 0 Å². The van der Waals surface area contributed by atoms with Gasteiger partial charge in [0.05, 0.1) is 0 Å². The topological polar surface area (TPSA) is 15.3 Å². The second-order valence-corrected chi connectivity index (χ2v) is 7.07. The Morgan fingerprint density at radius 3 is 2.53 bits per heavy atom. The Hall–Kier alpha value is -0.510. The molecule has 2 bridgehead atoms. The molecule has 0 aliphatic carbocycles. The van der Waals surface area contributed by atoms with Gasteiger partial charge in [-0.3, -0.25) is 0 Å². The van der Waals surface area contributed by atoms with E-state index in [-0.39, 0.29) is 0 Å². The first-order valence-electron chi connectivity index (χ1n) is 7.45. The van der Waals surface area contributed by atoms with Gasteiger partial charge in [-0.05, 0) is 44.9 Å². The first kappa shape index (κ1) is 13.5. The molecule has 2 aliphatic rings. The highest BCUT2D eigenvalue weighted by atomic mass is 32.2. The van der Waals surface area contributed by atoms with E-state index in [0.29, 0.717) is 0 Å². The van der Waals surface area contributed by atoms with E-state index in [1.165, 1.54) is 42.9 Å². The third kappa shape index (κ3) is 3.53. The lowest BCUT2D eigenvalue weighted by Crippen LogP contribution is -2.47. The number of nitrogens with one attached hydrogen (secondary N) is 1. The van der Waals surface area contributed by atoms with Crippen LogP contribution in [0.1, 0.15) is 25.7 Å². The number of benzene rings is 1. The van der Waals surface area contributed by atoms with Crippen molar-refractivity contribution in [1.82, 2.24) is 10.2 Å². The predicted molar refractivity (Wildman–Crippen MR) is 82.8 cm³/mol. The fourth-order valence-electron chi connectivity index (χ4n) is 3.39. The molecule has 104 valence electrons. The van der Waals surface area contributed by atoms with Crippen LogP contribution < -0.4 is 5.32 Å². The van der Waals surface area contributed by atoms with Gasteiger partial charge in [-0.1, -0.05) is 18.2 Å². The molecule has 2 unspecified atom stereocenters. The summed E-state index contributed by atoms with van der Waals surface area (Å²) in [6, 6.07) is 13.1. The van der Waals surface area contributed by atoms with Crippen molar-refractivity contribution >= 4 is 11.8 Å². The highest BCUT2D eigenvalue weighted by molar-refractivity contribution is 7.99. The number of hydrogen-bond acceptors (Lipinski definition) is 3. The lowest BCUT2D eigenvalue weighted by molar-refractivity contribution is 0.181. The lowest BCUT2D eigenvalue weighted by atomic mass is 9.99. The van der Waals surface area contributed by atoms with Gasteiger partial charge in [0.25, 0.3) is 0 Å². The van der Waals surface area contributed by atoms with E-state index in [1.54, 1.807) is 0 Å². The molecule has 0 saturated carbocycles. The predicted octanol–water partition coefficient (Wildman–Crippen LogP) is 2.99. The fourth-order valence-corrected chi connectivity index (χ4v) is 4.36. The Morgan fingerprint density at radius 1 is 1.16 bits per heavy atom. The number of nitrogens with zero attached hydrogens (tertiary/aromatic N) is 1. The zero-order chi connectivity index (χ0) is 13.1. The van der Waals surface area contributed by atoms with Crippen LogP contribution in [0.5, 0.6) is 0 Å². The molecule has 0 amide bonds. The molecule has 0 spiro atoms. The summed E-state index contributed by atoms with van der Waals surface area (Å²) in [6.07, 6.45) is 5.49. The van der Waals surface area contributed by atoms with E-state index in [4.69, 9.17) is 0 Å². The number of piperidine rings is 1. The van der Waals surface area contributed by atoms with Crippen LogP contribution in [-0.2, 0) is 0 Å². The average molecular weight is 276 g/mol. The highest BCUT2D eigenvalue weighted by Gasteiger charge is 2.34. The van der Waals surface area contributed by atoms with Crippen LogP contribution >= 0.6 is 11.8 Å². The van der Waals surface area contributed by atoms with Gasteiger partial charge in [0.2, 0.25) is 0 Å². The largest absolute Gasteiger partial charge is 0.311 e. The second kappa shape index (κ2) is 6.29. The minimum absolute atomic E-state index is 0.799. The van der Waals surface area contributed by atoms with Crippen LogP contribution in [0.2, 0.25) is 0 Å². The first-order valence-corrected chi connectivity index (χ1v) is 8.44. The SMILES string of the molecule is CN(CCSc1ccccc1)C1CC2CCC(C1)N2. The molecule has 2 aliphatic heterocycles. The Morgan fingerprint density at radius 2 is 1.84 bits per heavy atom. The summed E-state index contributed by atoms with van der Waals surface area (Å²) in [5, 5.41) is 3.73. The summed E-state index contributed by atoms with van der Waals surface area (Å²) in [5.41, 5.74) is 0. The van der Waals surface area contributed by atoms with Crippen LogP contribution in [0.3, 0.4) is 0 Å².